The lowest BCUT2D eigenvalue weighted by atomic mass is 10.2. The van der Waals surface area contributed by atoms with Gasteiger partial charge in [0, 0.05) is 13.0 Å². The second-order valence-electron chi connectivity index (χ2n) is 2.53. The van der Waals surface area contributed by atoms with Crippen molar-refractivity contribution in [3.8, 4) is 0 Å². The Morgan fingerprint density at radius 3 is 2.21 bits per heavy atom. The molecule has 0 heterocycles. The third-order valence-electron chi connectivity index (χ3n) is 1.41. The van der Waals surface area contributed by atoms with E-state index in [0.717, 1.165) is 6.92 Å². The topological polar surface area (TPSA) is 29.1 Å². The van der Waals surface area contributed by atoms with Crippen LogP contribution in [0.4, 0.5) is 23.2 Å². The van der Waals surface area contributed by atoms with E-state index in [1.807, 2.05) is 5.32 Å². The molecule has 0 radical (unpaired) electrons. The first-order chi connectivity index (χ1) is 6.43. The van der Waals surface area contributed by atoms with Crippen LogP contribution in [-0.4, -0.2) is 5.91 Å². The SMILES string of the molecule is CC(=O)Nc1cc(F)c(F)c(F)c1F. The quantitative estimate of drug-likeness (QED) is 0.427. The van der Waals surface area contributed by atoms with E-state index in [4.69, 9.17) is 0 Å². The second kappa shape index (κ2) is 3.65. The first-order valence-corrected chi connectivity index (χ1v) is 3.54. The molecule has 0 saturated heterocycles. The summed E-state index contributed by atoms with van der Waals surface area (Å²) in [6, 6.07) is 0.370. The molecule has 1 aromatic carbocycles. The fraction of sp³-hybridized carbons (Fsp3) is 0.125. The minimum absolute atomic E-state index is 0.370. The minimum atomic E-state index is -1.95. The molecule has 6 heteroatoms. The highest BCUT2D eigenvalue weighted by Crippen LogP contribution is 2.22. The molecule has 14 heavy (non-hydrogen) atoms. The molecule has 2 nitrogen and oxygen atoms in total. The number of anilines is 1. The highest BCUT2D eigenvalue weighted by atomic mass is 19.2. The summed E-state index contributed by atoms with van der Waals surface area (Å²) in [4.78, 5) is 10.5. The first kappa shape index (κ1) is 10.5. The lowest BCUT2D eigenvalue weighted by molar-refractivity contribution is -0.114. The van der Waals surface area contributed by atoms with Gasteiger partial charge in [0.25, 0.3) is 0 Å². The van der Waals surface area contributed by atoms with Crippen molar-refractivity contribution in [3.63, 3.8) is 0 Å². The summed E-state index contributed by atoms with van der Waals surface area (Å²) in [5.41, 5.74) is -0.728. The van der Waals surface area contributed by atoms with Gasteiger partial charge in [-0.1, -0.05) is 0 Å². The summed E-state index contributed by atoms with van der Waals surface area (Å²) in [5, 5.41) is 1.82. The van der Waals surface area contributed by atoms with Crippen LogP contribution in [0.15, 0.2) is 6.07 Å². The number of benzene rings is 1. The number of carbonyl (C=O) groups excluding carboxylic acids is 1. The Morgan fingerprint density at radius 2 is 1.71 bits per heavy atom. The zero-order valence-corrected chi connectivity index (χ0v) is 7.00. The zero-order chi connectivity index (χ0) is 10.9. The largest absolute Gasteiger partial charge is 0.324 e. The average molecular weight is 207 g/mol. The van der Waals surface area contributed by atoms with E-state index in [2.05, 4.69) is 0 Å². The number of hydrogen-bond acceptors (Lipinski definition) is 1. The maximum Gasteiger partial charge on any atom is 0.221 e. The average Bonchev–Trinajstić information content (AvgIpc) is 2.10. The number of halogens is 4. The molecule has 0 unspecified atom stereocenters. The van der Waals surface area contributed by atoms with Crippen molar-refractivity contribution in [2.45, 2.75) is 6.92 Å². The van der Waals surface area contributed by atoms with Crippen molar-refractivity contribution in [2.24, 2.45) is 0 Å². The van der Waals surface area contributed by atoms with E-state index in [0.29, 0.717) is 6.07 Å². The Morgan fingerprint density at radius 1 is 1.14 bits per heavy atom. The van der Waals surface area contributed by atoms with Gasteiger partial charge in [-0.2, -0.15) is 0 Å². The summed E-state index contributed by atoms with van der Waals surface area (Å²) in [6.07, 6.45) is 0. The standard InChI is InChI=1S/C8H5F4NO/c1-3(14)13-5-2-4(9)6(10)8(12)7(5)11/h2H,1H3,(H,13,14). The van der Waals surface area contributed by atoms with Gasteiger partial charge in [-0.3, -0.25) is 4.79 Å². The van der Waals surface area contributed by atoms with Crippen LogP contribution >= 0.6 is 0 Å². The lowest BCUT2D eigenvalue weighted by Gasteiger charge is -2.05. The van der Waals surface area contributed by atoms with Crippen molar-refractivity contribution >= 4 is 11.6 Å². The normalized spacial score (nSPS) is 10.1. The van der Waals surface area contributed by atoms with E-state index in [9.17, 15) is 22.4 Å². The van der Waals surface area contributed by atoms with Gasteiger partial charge in [0.15, 0.2) is 23.3 Å². The number of amides is 1. The predicted molar refractivity (Wildman–Crippen MR) is 40.6 cm³/mol. The van der Waals surface area contributed by atoms with Gasteiger partial charge in [0.2, 0.25) is 5.91 Å². The Kier molecular flexibility index (Phi) is 2.73. The third-order valence-corrected chi connectivity index (χ3v) is 1.41. The minimum Gasteiger partial charge on any atom is -0.324 e. The molecule has 0 aliphatic rings. The highest BCUT2D eigenvalue weighted by Gasteiger charge is 2.19. The molecule has 0 saturated carbocycles. The van der Waals surface area contributed by atoms with Crippen LogP contribution in [0.25, 0.3) is 0 Å². The second-order valence-corrected chi connectivity index (χ2v) is 2.53. The molecule has 0 bridgehead atoms. The number of nitrogens with one attached hydrogen (secondary N) is 1. The van der Waals surface area contributed by atoms with Gasteiger partial charge in [0.1, 0.15) is 0 Å². The molecule has 0 spiro atoms. The summed E-state index contributed by atoms with van der Waals surface area (Å²) in [5.74, 6) is -7.76. The van der Waals surface area contributed by atoms with Crippen molar-refractivity contribution in [2.75, 3.05) is 5.32 Å². The molecule has 0 aliphatic heterocycles. The van der Waals surface area contributed by atoms with E-state index < -0.39 is 34.9 Å². The van der Waals surface area contributed by atoms with Crippen LogP contribution in [0.3, 0.4) is 0 Å². The molecule has 76 valence electrons. The fourth-order valence-electron chi connectivity index (χ4n) is 0.853. The summed E-state index contributed by atoms with van der Waals surface area (Å²) < 4.78 is 50.3. The van der Waals surface area contributed by atoms with Crippen molar-refractivity contribution in [3.05, 3.63) is 29.3 Å². The molecule has 1 amide bonds. The molecular formula is C8H5F4NO. The van der Waals surface area contributed by atoms with E-state index >= 15 is 0 Å². The van der Waals surface area contributed by atoms with Crippen molar-refractivity contribution < 1.29 is 22.4 Å². The first-order valence-electron chi connectivity index (χ1n) is 3.54. The Labute approximate surface area is 76.5 Å². The summed E-state index contributed by atoms with van der Waals surface area (Å²) in [7, 11) is 0. The van der Waals surface area contributed by atoms with Crippen molar-refractivity contribution in [1.82, 2.24) is 0 Å². The molecule has 1 aromatic rings. The number of rotatable bonds is 1. The van der Waals surface area contributed by atoms with Gasteiger partial charge in [0.05, 0.1) is 5.69 Å². The Hall–Kier alpha value is -1.59. The third kappa shape index (κ3) is 1.84. The smallest absolute Gasteiger partial charge is 0.221 e. The maximum atomic E-state index is 12.8. The number of carbonyl (C=O) groups is 1. The summed E-state index contributed by atoms with van der Waals surface area (Å²) in [6.45, 7) is 1.03. The number of hydrogen-bond donors (Lipinski definition) is 1. The molecule has 1 rings (SSSR count). The molecular weight excluding hydrogens is 202 g/mol. The maximum absolute atomic E-state index is 12.8. The monoisotopic (exact) mass is 207 g/mol. The van der Waals surface area contributed by atoms with Crippen LogP contribution in [0.5, 0.6) is 0 Å². The fourth-order valence-corrected chi connectivity index (χ4v) is 0.853. The molecule has 0 aromatic heterocycles. The van der Waals surface area contributed by atoms with Crippen LogP contribution in [0, 0.1) is 23.3 Å². The lowest BCUT2D eigenvalue weighted by Crippen LogP contribution is -2.10. The van der Waals surface area contributed by atoms with E-state index in [1.165, 1.54) is 0 Å². The van der Waals surface area contributed by atoms with E-state index in [1.54, 1.807) is 0 Å². The van der Waals surface area contributed by atoms with Crippen LogP contribution < -0.4 is 5.32 Å². The molecule has 1 N–H and O–H groups in total. The zero-order valence-electron chi connectivity index (χ0n) is 7.00. The van der Waals surface area contributed by atoms with Gasteiger partial charge >= 0.3 is 0 Å². The molecule has 0 fully saturated rings. The van der Waals surface area contributed by atoms with Gasteiger partial charge in [-0.15, -0.1) is 0 Å². The van der Waals surface area contributed by atoms with Crippen LogP contribution in [0.2, 0.25) is 0 Å². The van der Waals surface area contributed by atoms with Gasteiger partial charge in [-0.25, -0.2) is 17.6 Å². The Bertz CT molecular complexity index is 391. The molecule has 0 atom stereocenters. The molecule has 0 aliphatic carbocycles. The van der Waals surface area contributed by atoms with Crippen LogP contribution in [-0.2, 0) is 4.79 Å². The van der Waals surface area contributed by atoms with Gasteiger partial charge in [-0.05, 0) is 0 Å². The predicted octanol–water partition coefficient (Wildman–Crippen LogP) is 2.20. The van der Waals surface area contributed by atoms with E-state index in [-0.39, 0.29) is 0 Å². The Balaban J connectivity index is 3.25. The summed E-state index contributed by atoms with van der Waals surface area (Å²) >= 11 is 0. The van der Waals surface area contributed by atoms with Gasteiger partial charge < -0.3 is 5.32 Å². The highest BCUT2D eigenvalue weighted by molar-refractivity contribution is 5.88. The van der Waals surface area contributed by atoms with Crippen LogP contribution in [0.1, 0.15) is 6.92 Å². The van der Waals surface area contributed by atoms with Crippen molar-refractivity contribution in [1.29, 1.82) is 0 Å².